The lowest BCUT2D eigenvalue weighted by molar-refractivity contribution is 0.235. The van der Waals surface area contributed by atoms with E-state index < -0.39 is 5.54 Å². The first-order chi connectivity index (χ1) is 9.07. The summed E-state index contributed by atoms with van der Waals surface area (Å²) in [6, 6.07) is 6.72. The number of nitrogens with zero attached hydrogens (tertiary/aromatic N) is 1. The fraction of sp³-hybridized carbons (Fsp3) is 0.375. The lowest BCUT2D eigenvalue weighted by Crippen LogP contribution is -2.48. The van der Waals surface area contributed by atoms with Crippen molar-refractivity contribution in [3.05, 3.63) is 61.0 Å². The lowest BCUT2D eigenvalue weighted by atomic mass is 9.87. The summed E-state index contributed by atoms with van der Waals surface area (Å²) < 4.78 is 14.0. The normalized spacial score (nSPS) is 14.1. The Kier molecular flexibility index (Phi) is 5.93. The number of hydrogen-bond acceptors (Lipinski definition) is 2. The second kappa shape index (κ2) is 7.22. The number of nitrogens with two attached hydrogens (primary N) is 1. The van der Waals surface area contributed by atoms with Gasteiger partial charge in [0.2, 0.25) is 0 Å². The molecule has 0 heterocycles. The van der Waals surface area contributed by atoms with Gasteiger partial charge < -0.3 is 5.73 Å². The van der Waals surface area contributed by atoms with Gasteiger partial charge in [-0.05, 0) is 12.5 Å². The fourth-order valence-corrected chi connectivity index (χ4v) is 2.22. The van der Waals surface area contributed by atoms with Gasteiger partial charge in [-0.3, -0.25) is 4.90 Å². The van der Waals surface area contributed by atoms with E-state index in [0.29, 0.717) is 31.6 Å². The van der Waals surface area contributed by atoms with E-state index in [9.17, 15) is 4.39 Å². The van der Waals surface area contributed by atoms with Crippen LogP contribution in [0.25, 0.3) is 0 Å². The summed E-state index contributed by atoms with van der Waals surface area (Å²) in [6.07, 6.45) is 4.31. The van der Waals surface area contributed by atoms with Crippen LogP contribution >= 0.6 is 0 Å². The number of rotatable bonds is 8. The van der Waals surface area contributed by atoms with Crippen LogP contribution in [0.4, 0.5) is 4.39 Å². The summed E-state index contributed by atoms with van der Waals surface area (Å²) in [5.74, 6) is -0.246. The first-order valence-electron chi connectivity index (χ1n) is 6.55. The quantitative estimate of drug-likeness (QED) is 0.730. The van der Waals surface area contributed by atoms with E-state index in [1.165, 1.54) is 6.07 Å². The number of benzene rings is 1. The van der Waals surface area contributed by atoms with Gasteiger partial charge in [0.1, 0.15) is 5.82 Å². The van der Waals surface area contributed by atoms with Gasteiger partial charge in [0.15, 0.2) is 0 Å². The maximum Gasteiger partial charge on any atom is 0.128 e. The molecule has 1 atom stereocenters. The standard InChI is InChI=1S/C16H23FN2/c1-4-11-19(12-5-2)13-16(18,6-3)14-9-7-8-10-15(14)17/h4-5,7-10H,1-2,6,11-13,18H2,3H3. The van der Waals surface area contributed by atoms with Crippen LogP contribution in [0.1, 0.15) is 18.9 Å². The Hall–Kier alpha value is -1.45. The summed E-state index contributed by atoms with van der Waals surface area (Å²) in [7, 11) is 0. The van der Waals surface area contributed by atoms with Crippen LogP contribution in [0.15, 0.2) is 49.6 Å². The third-order valence-electron chi connectivity index (χ3n) is 3.32. The van der Waals surface area contributed by atoms with Crippen LogP contribution in [0.3, 0.4) is 0 Å². The molecule has 3 heteroatoms. The highest BCUT2D eigenvalue weighted by atomic mass is 19.1. The smallest absolute Gasteiger partial charge is 0.128 e. The maximum atomic E-state index is 14.0. The maximum absolute atomic E-state index is 14.0. The van der Waals surface area contributed by atoms with Crippen molar-refractivity contribution in [2.45, 2.75) is 18.9 Å². The average Bonchev–Trinajstić information content (AvgIpc) is 2.39. The largest absolute Gasteiger partial charge is 0.320 e. The van der Waals surface area contributed by atoms with Crippen molar-refractivity contribution in [2.75, 3.05) is 19.6 Å². The molecule has 0 spiro atoms. The van der Waals surface area contributed by atoms with Gasteiger partial charge in [-0.2, -0.15) is 0 Å². The molecular weight excluding hydrogens is 239 g/mol. The molecule has 0 fully saturated rings. The van der Waals surface area contributed by atoms with Crippen molar-refractivity contribution in [3.63, 3.8) is 0 Å². The van der Waals surface area contributed by atoms with Crippen LogP contribution in [0.5, 0.6) is 0 Å². The molecule has 0 bridgehead atoms. The third kappa shape index (κ3) is 4.01. The van der Waals surface area contributed by atoms with Crippen molar-refractivity contribution in [2.24, 2.45) is 5.73 Å². The van der Waals surface area contributed by atoms with Gasteiger partial charge in [0, 0.05) is 25.2 Å². The molecule has 1 aromatic rings. The molecule has 0 saturated heterocycles. The van der Waals surface area contributed by atoms with Crippen LogP contribution < -0.4 is 5.73 Å². The van der Waals surface area contributed by atoms with Gasteiger partial charge in [-0.25, -0.2) is 4.39 Å². The molecule has 0 aromatic heterocycles. The molecule has 1 unspecified atom stereocenters. The highest BCUT2D eigenvalue weighted by Crippen LogP contribution is 2.25. The Labute approximate surface area is 115 Å². The topological polar surface area (TPSA) is 29.3 Å². The Morgan fingerprint density at radius 3 is 2.32 bits per heavy atom. The first kappa shape index (κ1) is 15.6. The summed E-state index contributed by atoms with van der Waals surface area (Å²) >= 11 is 0. The van der Waals surface area contributed by atoms with Gasteiger partial charge in [0.25, 0.3) is 0 Å². The van der Waals surface area contributed by atoms with Crippen molar-refractivity contribution >= 4 is 0 Å². The van der Waals surface area contributed by atoms with Crippen molar-refractivity contribution in [1.82, 2.24) is 4.90 Å². The molecule has 1 rings (SSSR count). The third-order valence-corrected chi connectivity index (χ3v) is 3.32. The molecule has 2 N–H and O–H groups in total. The van der Waals surface area contributed by atoms with E-state index in [4.69, 9.17) is 5.73 Å². The van der Waals surface area contributed by atoms with E-state index in [-0.39, 0.29) is 5.82 Å². The van der Waals surface area contributed by atoms with Crippen molar-refractivity contribution in [3.8, 4) is 0 Å². The number of hydrogen-bond donors (Lipinski definition) is 1. The predicted octanol–water partition coefficient (Wildman–Crippen LogP) is 3.06. The second-order valence-corrected chi connectivity index (χ2v) is 4.76. The van der Waals surface area contributed by atoms with E-state index in [1.54, 1.807) is 12.1 Å². The minimum absolute atomic E-state index is 0.246. The Bertz CT molecular complexity index is 421. The molecule has 19 heavy (non-hydrogen) atoms. The Morgan fingerprint density at radius 1 is 1.26 bits per heavy atom. The molecule has 1 aromatic carbocycles. The van der Waals surface area contributed by atoms with Crippen LogP contribution in [-0.4, -0.2) is 24.5 Å². The summed E-state index contributed by atoms with van der Waals surface area (Å²) in [5, 5.41) is 0. The molecule has 0 aliphatic heterocycles. The van der Waals surface area contributed by atoms with Crippen LogP contribution in [-0.2, 0) is 5.54 Å². The zero-order valence-electron chi connectivity index (χ0n) is 11.6. The van der Waals surface area contributed by atoms with Gasteiger partial charge in [-0.1, -0.05) is 37.3 Å². The van der Waals surface area contributed by atoms with Crippen molar-refractivity contribution < 1.29 is 4.39 Å². The van der Waals surface area contributed by atoms with Crippen LogP contribution in [0.2, 0.25) is 0 Å². The highest BCUT2D eigenvalue weighted by Gasteiger charge is 2.29. The monoisotopic (exact) mass is 262 g/mol. The van der Waals surface area contributed by atoms with Gasteiger partial charge >= 0.3 is 0 Å². The highest BCUT2D eigenvalue weighted by molar-refractivity contribution is 5.26. The summed E-state index contributed by atoms with van der Waals surface area (Å²) in [5.41, 5.74) is 6.30. The fourth-order valence-electron chi connectivity index (χ4n) is 2.22. The second-order valence-electron chi connectivity index (χ2n) is 4.76. The molecule has 0 radical (unpaired) electrons. The molecule has 2 nitrogen and oxygen atoms in total. The minimum Gasteiger partial charge on any atom is -0.320 e. The van der Waals surface area contributed by atoms with E-state index in [0.717, 1.165) is 0 Å². The molecule has 0 saturated carbocycles. The molecular formula is C16H23FN2. The minimum atomic E-state index is -0.697. The lowest BCUT2D eigenvalue weighted by Gasteiger charge is -2.34. The van der Waals surface area contributed by atoms with E-state index in [2.05, 4.69) is 18.1 Å². The zero-order chi connectivity index (χ0) is 14.3. The molecule has 0 aliphatic carbocycles. The predicted molar refractivity (Wildman–Crippen MR) is 79.4 cm³/mol. The van der Waals surface area contributed by atoms with Crippen molar-refractivity contribution in [1.29, 1.82) is 0 Å². The molecule has 0 amide bonds. The zero-order valence-corrected chi connectivity index (χ0v) is 11.6. The Morgan fingerprint density at radius 2 is 1.84 bits per heavy atom. The molecule has 104 valence electrons. The van der Waals surface area contributed by atoms with Gasteiger partial charge in [0.05, 0.1) is 5.54 Å². The number of halogens is 1. The first-order valence-corrected chi connectivity index (χ1v) is 6.55. The summed E-state index contributed by atoms with van der Waals surface area (Å²) in [4.78, 5) is 2.11. The van der Waals surface area contributed by atoms with E-state index >= 15 is 0 Å². The SMILES string of the molecule is C=CCN(CC=C)CC(N)(CC)c1ccccc1F. The van der Waals surface area contributed by atoms with Gasteiger partial charge in [-0.15, -0.1) is 13.2 Å². The molecule has 0 aliphatic rings. The van der Waals surface area contributed by atoms with E-state index in [1.807, 2.05) is 25.1 Å². The Balaban J connectivity index is 2.99. The average molecular weight is 262 g/mol. The van der Waals surface area contributed by atoms with Crippen LogP contribution in [0, 0.1) is 5.82 Å². The summed E-state index contributed by atoms with van der Waals surface area (Å²) in [6.45, 7) is 11.4.